The number of likely N-dealkylation sites (N-methyl/N-ethyl adjacent to an activating group) is 2. The molecule has 0 radical (unpaired) electrons. The topological polar surface area (TPSA) is 199 Å². The van der Waals surface area contributed by atoms with Crippen molar-refractivity contribution in [1.29, 1.82) is 0 Å². The Labute approximate surface area is 426 Å². The van der Waals surface area contributed by atoms with E-state index in [0.717, 1.165) is 13.1 Å². The van der Waals surface area contributed by atoms with Gasteiger partial charge in [-0.05, 0) is 125 Å². The van der Waals surface area contributed by atoms with Crippen molar-refractivity contribution >= 4 is 64.6 Å². The Balaban J connectivity index is 1.43. The van der Waals surface area contributed by atoms with Crippen molar-refractivity contribution in [3.8, 4) is 0 Å². The SMILES string of the molecule is CC[C@H](NC(=O)C1(C(F)(F)F)CC2CCC1C2)C(=O)N[C@@H](CCCCN1CCOCC1)C(=O)N(C)[C@H]1CCCCNC(=O)[C@@H](CC)NC(=O)[C@H](Cc2cc(Cl)ccc2Cl)N(C)C(=O)[C@H](CC(C)C)NC1=O. The Morgan fingerprint density at radius 2 is 1.63 bits per heavy atom. The van der Waals surface area contributed by atoms with E-state index < -0.39 is 95.1 Å². The first-order valence-electron chi connectivity index (χ1n) is 25.4. The summed E-state index contributed by atoms with van der Waals surface area (Å²) in [5, 5.41) is 14.4. The molecule has 2 heterocycles. The van der Waals surface area contributed by atoms with Gasteiger partial charge < -0.3 is 41.1 Å². The fraction of sp³-hybridized carbons (Fsp3) is 0.740. The van der Waals surface area contributed by atoms with Crippen LogP contribution < -0.4 is 26.6 Å². The van der Waals surface area contributed by atoms with Crippen molar-refractivity contribution in [2.75, 3.05) is 53.5 Å². The third-order valence-corrected chi connectivity index (χ3v) is 15.6. The van der Waals surface area contributed by atoms with Gasteiger partial charge in [0, 0.05) is 50.2 Å². The molecule has 5 rings (SSSR count). The molecule has 2 aliphatic carbocycles. The monoisotopic (exact) mass is 1040 g/mol. The molecule has 0 spiro atoms. The highest BCUT2D eigenvalue weighted by Gasteiger charge is 2.69. The number of morpholine rings is 1. The average molecular weight is 1040 g/mol. The molecule has 2 saturated carbocycles. The largest absolute Gasteiger partial charge is 0.403 e. The smallest absolute Gasteiger partial charge is 0.379 e. The lowest BCUT2D eigenvalue weighted by Crippen LogP contribution is -2.61. The molecule has 4 fully saturated rings. The average Bonchev–Trinajstić information content (AvgIpc) is 3.96. The maximum atomic E-state index is 14.9. The number of carbonyl (C=O) groups excluding carboxylic acids is 7. The molecule has 5 N–H and O–H groups in total. The fourth-order valence-electron chi connectivity index (χ4n) is 10.8. The number of halogens is 5. The first kappa shape index (κ1) is 57.7. The van der Waals surface area contributed by atoms with E-state index in [0.29, 0.717) is 73.9 Å². The van der Waals surface area contributed by atoms with E-state index in [1.807, 2.05) is 13.8 Å². The highest BCUT2D eigenvalue weighted by molar-refractivity contribution is 6.33. The molecule has 2 aliphatic heterocycles. The van der Waals surface area contributed by atoms with Crippen LogP contribution in [0.2, 0.25) is 10.0 Å². The van der Waals surface area contributed by atoms with Crippen LogP contribution in [0.3, 0.4) is 0 Å². The Morgan fingerprint density at radius 3 is 2.25 bits per heavy atom. The molecule has 16 nitrogen and oxygen atoms in total. The van der Waals surface area contributed by atoms with Crippen LogP contribution in [0.15, 0.2) is 18.2 Å². The molecule has 1 aromatic carbocycles. The maximum absolute atomic E-state index is 14.9. The summed E-state index contributed by atoms with van der Waals surface area (Å²) in [6.45, 7) is 10.6. The van der Waals surface area contributed by atoms with Gasteiger partial charge in [0.05, 0.1) is 13.2 Å². The van der Waals surface area contributed by atoms with Gasteiger partial charge >= 0.3 is 6.18 Å². The van der Waals surface area contributed by atoms with Crippen LogP contribution in [0.4, 0.5) is 13.2 Å². The van der Waals surface area contributed by atoms with Crippen LogP contribution in [-0.4, -0.2) is 152 Å². The van der Waals surface area contributed by atoms with E-state index in [1.54, 1.807) is 32.0 Å². The summed E-state index contributed by atoms with van der Waals surface area (Å²) >= 11 is 12.9. The second-order valence-electron chi connectivity index (χ2n) is 20.3. The highest BCUT2D eigenvalue weighted by Crippen LogP contribution is 2.62. The summed E-state index contributed by atoms with van der Waals surface area (Å²) in [6, 6.07) is -2.42. The first-order valence-corrected chi connectivity index (χ1v) is 26.2. The van der Waals surface area contributed by atoms with E-state index in [2.05, 4.69) is 31.5 Å². The van der Waals surface area contributed by atoms with Crippen molar-refractivity contribution in [3.63, 3.8) is 0 Å². The highest BCUT2D eigenvalue weighted by atomic mass is 35.5. The number of alkyl halides is 3. The number of fused-ring (bicyclic) bond motifs is 2. The van der Waals surface area contributed by atoms with Crippen molar-refractivity contribution in [3.05, 3.63) is 33.8 Å². The van der Waals surface area contributed by atoms with Crippen LogP contribution in [-0.2, 0) is 44.7 Å². The van der Waals surface area contributed by atoms with Gasteiger partial charge in [0.15, 0.2) is 0 Å². The third-order valence-electron chi connectivity index (χ3n) is 14.9. The summed E-state index contributed by atoms with van der Waals surface area (Å²) in [5.41, 5.74) is -2.13. The first-order chi connectivity index (χ1) is 33.6. The van der Waals surface area contributed by atoms with Gasteiger partial charge in [-0.1, -0.05) is 57.3 Å². The summed E-state index contributed by atoms with van der Waals surface area (Å²) in [7, 11) is 2.86. The fourth-order valence-corrected chi connectivity index (χ4v) is 11.1. The molecule has 0 aromatic heterocycles. The van der Waals surface area contributed by atoms with Crippen molar-refractivity contribution < 1.29 is 51.5 Å². The molecule has 21 heteroatoms. The number of hydrogen-bond acceptors (Lipinski definition) is 9. The second kappa shape index (κ2) is 26.1. The van der Waals surface area contributed by atoms with Crippen LogP contribution >= 0.6 is 23.2 Å². The molecule has 7 amide bonds. The van der Waals surface area contributed by atoms with Gasteiger partial charge in [-0.15, -0.1) is 0 Å². The van der Waals surface area contributed by atoms with E-state index in [4.69, 9.17) is 27.9 Å². The number of nitrogens with one attached hydrogen (secondary N) is 5. The normalized spacial score (nSPS) is 27.1. The molecular formula is C50H75Cl2F3N8O8. The molecule has 4 aliphatic rings. The maximum Gasteiger partial charge on any atom is 0.403 e. The third kappa shape index (κ3) is 14.7. The van der Waals surface area contributed by atoms with Gasteiger partial charge in [0.2, 0.25) is 41.4 Å². The number of nitrogens with zero attached hydrogens (tertiary/aromatic N) is 3. The predicted molar refractivity (Wildman–Crippen MR) is 263 cm³/mol. The summed E-state index contributed by atoms with van der Waals surface area (Å²) in [5.74, 6) is -6.31. The van der Waals surface area contributed by atoms with E-state index >= 15 is 0 Å². The van der Waals surface area contributed by atoms with Gasteiger partial charge in [-0.3, -0.25) is 38.5 Å². The van der Waals surface area contributed by atoms with Crippen LogP contribution in [0.25, 0.3) is 0 Å². The Hall–Kier alpha value is -4.20. The number of carbonyl (C=O) groups is 7. The zero-order valence-corrected chi connectivity index (χ0v) is 43.6. The minimum atomic E-state index is -4.82. The van der Waals surface area contributed by atoms with E-state index in [-0.39, 0.29) is 69.7 Å². The Morgan fingerprint density at radius 1 is 0.930 bits per heavy atom. The summed E-state index contributed by atoms with van der Waals surface area (Å²) < 4.78 is 49.9. The lowest BCUT2D eigenvalue weighted by molar-refractivity contribution is -0.236. The quantitative estimate of drug-likeness (QED) is 0.131. The minimum absolute atomic E-state index is 0.0533. The number of rotatable bonds is 17. The van der Waals surface area contributed by atoms with E-state index in [9.17, 15) is 46.7 Å². The molecular weight excluding hydrogens is 968 g/mol. The van der Waals surface area contributed by atoms with Gasteiger partial charge in [-0.2, -0.15) is 13.2 Å². The lowest BCUT2D eigenvalue weighted by Gasteiger charge is -2.38. The minimum Gasteiger partial charge on any atom is -0.379 e. The van der Waals surface area contributed by atoms with Gasteiger partial charge in [-0.25, -0.2) is 0 Å². The Kier molecular flexibility index (Phi) is 21.2. The summed E-state index contributed by atoms with van der Waals surface area (Å²) in [4.78, 5) is 104. The van der Waals surface area contributed by atoms with Crippen LogP contribution in [0, 0.1) is 23.2 Å². The predicted octanol–water partition coefficient (Wildman–Crippen LogP) is 5.17. The number of benzene rings is 1. The van der Waals surface area contributed by atoms with Crippen LogP contribution in [0.1, 0.15) is 117 Å². The van der Waals surface area contributed by atoms with Gasteiger partial charge in [0.25, 0.3) is 0 Å². The number of unbranched alkanes of at least 4 members (excludes halogenated alkanes) is 1. The number of amides is 7. The van der Waals surface area contributed by atoms with Crippen molar-refractivity contribution in [2.24, 2.45) is 23.2 Å². The molecule has 2 saturated heterocycles. The molecule has 1 aromatic rings. The number of ether oxygens (including phenoxy) is 1. The molecule has 71 heavy (non-hydrogen) atoms. The van der Waals surface area contributed by atoms with E-state index in [1.165, 1.54) is 23.9 Å². The zero-order valence-electron chi connectivity index (χ0n) is 42.1. The Bertz CT molecular complexity index is 2050. The second-order valence-corrected chi connectivity index (χ2v) is 21.2. The molecule has 2 bridgehead atoms. The molecule has 3 unspecified atom stereocenters. The molecule has 9 atom stereocenters. The number of hydrogen-bond donors (Lipinski definition) is 5. The van der Waals surface area contributed by atoms with Gasteiger partial charge in [0.1, 0.15) is 41.7 Å². The van der Waals surface area contributed by atoms with Crippen LogP contribution in [0.5, 0.6) is 0 Å². The zero-order chi connectivity index (χ0) is 52.2. The summed E-state index contributed by atoms with van der Waals surface area (Å²) in [6.07, 6.45) is -1.73. The molecule has 398 valence electrons. The standard InChI is InChI=1S/C50H75Cl2F3N8O8/c1-7-36-42(64)56-19-11-9-14-40(44(66)59-39(25-30(3)4)47(69)62(6)41(45(67)57-36)28-32-27-34(51)17-18-35(32)52)61(5)46(68)38(13-10-12-20-63-21-23-71-24-22-63)58-43(65)37(8-2)60-48(70)49(50(53,54)55)29-31-15-16-33(49)26-31/h17-18,27,30-31,33,36-41H,7-16,19-26,28-29H2,1-6H3,(H,56,64)(H,57,67)(H,58,65)(H,59,66)(H,60,70)/t31?,33?,36-,37+,38+,39+,40+,41+,49?/m1/s1. The van der Waals surface area contributed by atoms with Crippen molar-refractivity contribution in [2.45, 2.75) is 160 Å². The lowest BCUT2D eigenvalue weighted by atomic mass is 9.71. The van der Waals surface area contributed by atoms with Crippen molar-refractivity contribution in [1.82, 2.24) is 41.3 Å².